The Hall–Kier alpha value is -0.890. The van der Waals surface area contributed by atoms with E-state index in [0.29, 0.717) is 0 Å². The molecule has 1 N–H and O–H groups in total. The summed E-state index contributed by atoms with van der Waals surface area (Å²) in [7, 11) is 0. The average Bonchev–Trinajstić information content (AvgIpc) is 2.37. The molecule has 0 amide bonds. The largest absolute Gasteiger partial charge is 0.316 e. The van der Waals surface area contributed by atoms with Crippen LogP contribution in [0.4, 0.5) is 4.39 Å². The van der Waals surface area contributed by atoms with E-state index in [1.54, 1.807) is 6.07 Å². The van der Waals surface area contributed by atoms with E-state index in [9.17, 15) is 4.39 Å². The highest BCUT2D eigenvalue weighted by Crippen LogP contribution is 2.46. The van der Waals surface area contributed by atoms with E-state index in [-0.39, 0.29) is 11.2 Å². The lowest BCUT2D eigenvalue weighted by Crippen LogP contribution is -2.43. The van der Waals surface area contributed by atoms with Crippen LogP contribution in [-0.4, -0.2) is 13.1 Å². The second kappa shape index (κ2) is 3.31. The van der Waals surface area contributed by atoms with Gasteiger partial charge in [0.1, 0.15) is 5.82 Å². The van der Waals surface area contributed by atoms with Crippen LogP contribution in [0.3, 0.4) is 0 Å². The molecule has 1 nitrogen and oxygen atoms in total. The van der Waals surface area contributed by atoms with E-state index >= 15 is 0 Å². The lowest BCUT2D eigenvalue weighted by Gasteiger charge is -2.42. The molecule has 1 saturated carbocycles. The van der Waals surface area contributed by atoms with Gasteiger partial charge < -0.3 is 5.32 Å². The summed E-state index contributed by atoms with van der Waals surface area (Å²) in [5, 5.41) is 3.45. The van der Waals surface area contributed by atoms with Crippen LogP contribution in [-0.2, 0) is 11.8 Å². The number of benzene rings is 1. The summed E-state index contributed by atoms with van der Waals surface area (Å²) in [6.45, 7) is 1.94. The van der Waals surface area contributed by atoms with Crippen molar-refractivity contribution in [2.24, 2.45) is 0 Å². The fourth-order valence-electron chi connectivity index (χ4n) is 3.04. The number of halogens is 1. The molecular weight excluding hydrogens is 189 g/mol. The molecule has 15 heavy (non-hydrogen) atoms. The third-order valence-corrected chi connectivity index (χ3v) is 3.98. The first-order valence-corrected chi connectivity index (χ1v) is 5.80. The smallest absolute Gasteiger partial charge is 0.127 e. The highest BCUT2D eigenvalue weighted by atomic mass is 19.1. The minimum Gasteiger partial charge on any atom is -0.316 e. The van der Waals surface area contributed by atoms with E-state index < -0.39 is 0 Å². The summed E-state index contributed by atoms with van der Waals surface area (Å²) >= 11 is 0. The Labute approximate surface area is 89.7 Å². The van der Waals surface area contributed by atoms with Gasteiger partial charge in [0.2, 0.25) is 0 Å². The lowest BCUT2D eigenvalue weighted by atomic mass is 9.63. The van der Waals surface area contributed by atoms with Crippen LogP contribution in [0.25, 0.3) is 0 Å². The first-order chi connectivity index (χ1) is 7.32. The number of hydrogen-bond donors (Lipinski definition) is 1. The number of nitrogens with one attached hydrogen (secondary N) is 1. The average molecular weight is 205 g/mol. The maximum Gasteiger partial charge on any atom is 0.127 e. The Morgan fingerprint density at radius 1 is 1.27 bits per heavy atom. The Morgan fingerprint density at radius 3 is 2.87 bits per heavy atom. The van der Waals surface area contributed by atoms with Gasteiger partial charge in [-0.3, -0.25) is 0 Å². The molecule has 1 aromatic carbocycles. The van der Waals surface area contributed by atoms with E-state index in [4.69, 9.17) is 0 Å². The standard InChI is InChI=1S/C13H16FN/c14-11-4-1-3-10-5-8-15-9-13(12(10)11)6-2-7-13/h1,3-4,15H,2,5-9H2. The van der Waals surface area contributed by atoms with Crippen molar-refractivity contribution in [2.75, 3.05) is 13.1 Å². The monoisotopic (exact) mass is 205 g/mol. The molecule has 0 unspecified atom stereocenters. The van der Waals surface area contributed by atoms with Gasteiger partial charge in [0.25, 0.3) is 0 Å². The molecule has 1 aliphatic carbocycles. The summed E-state index contributed by atoms with van der Waals surface area (Å²) in [6, 6.07) is 5.54. The topological polar surface area (TPSA) is 12.0 Å². The van der Waals surface area contributed by atoms with Gasteiger partial charge in [-0.2, -0.15) is 0 Å². The maximum atomic E-state index is 13.9. The third kappa shape index (κ3) is 1.31. The van der Waals surface area contributed by atoms with Crippen LogP contribution in [0.5, 0.6) is 0 Å². The summed E-state index contributed by atoms with van der Waals surface area (Å²) < 4.78 is 13.9. The fourth-order valence-corrected chi connectivity index (χ4v) is 3.04. The molecule has 1 aromatic rings. The van der Waals surface area contributed by atoms with Crippen LogP contribution in [0.1, 0.15) is 30.4 Å². The Balaban J connectivity index is 2.15. The van der Waals surface area contributed by atoms with Gasteiger partial charge in [-0.15, -0.1) is 0 Å². The highest BCUT2D eigenvalue weighted by Gasteiger charge is 2.42. The van der Waals surface area contributed by atoms with Gasteiger partial charge in [-0.05, 0) is 43.0 Å². The molecule has 0 atom stereocenters. The van der Waals surface area contributed by atoms with E-state index in [1.165, 1.54) is 12.0 Å². The highest BCUT2D eigenvalue weighted by molar-refractivity contribution is 5.39. The van der Waals surface area contributed by atoms with Gasteiger partial charge >= 0.3 is 0 Å². The quantitative estimate of drug-likeness (QED) is 0.685. The summed E-state index contributed by atoms with van der Waals surface area (Å²) in [5.41, 5.74) is 2.36. The van der Waals surface area contributed by atoms with Crippen molar-refractivity contribution in [1.29, 1.82) is 0 Å². The molecule has 2 heteroatoms. The third-order valence-electron chi connectivity index (χ3n) is 3.98. The number of rotatable bonds is 0. The van der Waals surface area contributed by atoms with Crippen LogP contribution in [0.2, 0.25) is 0 Å². The van der Waals surface area contributed by atoms with Gasteiger partial charge in [0, 0.05) is 12.0 Å². The van der Waals surface area contributed by atoms with E-state index in [0.717, 1.165) is 37.9 Å². The molecule has 0 bridgehead atoms. The second-order valence-corrected chi connectivity index (χ2v) is 4.83. The minimum absolute atomic E-state index is 0.0101. The molecule has 80 valence electrons. The zero-order chi connectivity index (χ0) is 10.3. The van der Waals surface area contributed by atoms with Crippen molar-refractivity contribution < 1.29 is 4.39 Å². The van der Waals surface area contributed by atoms with Crippen LogP contribution >= 0.6 is 0 Å². The SMILES string of the molecule is Fc1cccc2c1C1(CCC1)CNCC2. The molecule has 0 aromatic heterocycles. The van der Waals surface area contributed by atoms with E-state index in [1.807, 2.05) is 6.07 Å². The normalized spacial score (nSPS) is 23.0. The van der Waals surface area contributed by atoms with Crippen molar-refractivity contribution in [3.05, 3.63) is 35.1 Å². The van der Waals surface area contributed by atoms with Gasteiger partial charge in [0.05, 0.1) is 0 Å². The maximum absolute atomic E-state index is 13.9. The summed E-state index contributed by atoms with van der Waals surface area (Å²) in [4.78, 5) is 0. The van der Waals surface area contributed by atoms with Gasteiger partial charge in [-0.1, -0.05) is 18.6 Å². The molecule has 0 saturated heterocycles. The Morgan fingerprint density at radius 2 is 2.13 bits per heavy atom. The van der Waals surface area contributed by atoms with Gasteiger partial charge in [0.15, 0.2) is 0 Å². The lowest BCUT2D eigenvalue weighted by molar-refractivity contribution is 0.231. The first-order valence-electron chi connectivity index (χ1n) is 5.80. The Kier molecular flexibility index (Phi) is 2.06. The summed E-state index contributed by atoms with van der Waals surface area (Å²) in [6.07, 6.45) is 4.51. The Bertz CT molecular complexity index is 382. The number of hydrogen-bond acceptors (Lipinski definition) is 1. The van der Waals surface area contributed by atoms with Crippen molar-refractivity contribution in [3.8, 4) is 0 Å². The van der Waals surface area contributed by atoms with Crippen molar-refractivity contribution in [3.63, 3.8) is 0 Å². The fraction of sp³-hybridized carbons (Fsp3) is 0.538. The molecule has 2 aliphatic rings. The van der Waals surface area contributed by atoms with Crippen molar-refractivity contribution in [1.82, 2.24) is 5.32 Å². The van der Waals surface area contributed by atoms with Crippen molar-refractivity contribution >= 4 is 0 Å². The van der Waals surface area contributed by atoms with E-state index in [2.05, 4.69) is 11.4 Å². The predicted octanol–water partition coefficient (Wildman–Crippen LogP) is 2.39. The van der Waals surface area contributed by atoms with Gasteiger partial charge in [-0.25, -0.2) is 4.39 Å². The molecule has 1 fully saturated rings. The minimum atomic E-state index is 0.0101. The zero-order valence-corrected chi connectivity index (χ0v) is 8.85. The molecule has 1 spiro atoms. The molecule has 1 aliphatic heterocycles. The summed E-state index contributed by atoms with van der Waals surface area (Å²) in [5.74, 6) is 0.0101. The molecule has 1 heterocycles. The van der Waals surface area contributed by atoms with Crippen LogP contribution in [0, 0.1) is 5.82 Å². The van der Waals surface area contributed by atoms with Crippen LogP contribution < -0.4 is 5.32 Å². The van der Waals surface area contributed by atoms with Crippen molar-refractivity contribution in [2.45, 2.75) is 31.1 Å². The predicted molar refractivity (Wildman–Crippen MR) is 58.5 cm³/mol. The first kappa shape index (κ1) is 9.34. The molecule has 3 rings (SSSR count). The molecule has 0 radical (unpaired) electrons. The second-order valence-electron chi connectivity index (χ2n) is 4.83. The van der Waals surface area contributed by atoms with Crippen LogP contribution in [0.15, 0.2) is 18.2 Å². The number of fused-ring (bicyclic) bond motifs is 2. The molecular formula is C13H16FN. The zero-order valence-electron chi connectivity index (χ0n) is 8.85.